The number of aromatic nitrogens is 1. The van der Waals surface area contributed by atoms with Crippen molar-refractivity contribution in [3.63, 3.8) is 0 Å². The van der Waals surface area contributed by atoms with Gasteiger partial charge in [0.1, 0.15) is 5.82 Å². The molecule has 0 bridgehead atoms. The summed E-state index contributed by atoms with van der Waals surface area (Å²) >= 11 is 2.03. The third-order valence-corrected chi connectivity index (χ3v) is 4.48. The number of carboxylic acid groups (broad SMARTS) is 1. The fourth-order valence-electron chi connectivity index (χ4n) is 2.03. The summed E-state index contributed by atoms with van der Waals surface area (Å²) in [5.74, 6) is 1.18. The van der Waals surface area contributed by atoms with Gasteiger partial charge in [-0.3, -0.25) is 0 Å². The number of hydrogen-bond acceptors (Lipinski definition) is 4. The number of carboxylic acids is 1. The average molecular weight is 278 g/mol. The van der Waals surface area contributed by atoms with Gasteiger partial charge in [-0.15, -0.1) is 0 Å². The van der Waals surface area contributed by atoms with Crippen LogP contribution < -0.4 is 4.90 Å². The lowest BCUT2D eigenvalue weighted by Crippen LogP contribution is -2.38. The van der Waals surface area contributed by atoms with Crippen LogP contribution in [0.2, 0.25) is 0 Å². The molecular formula is C14H18N2O2S. The van der Waals surface area contributed by atoms with E-state index < -0.39 is 5.97 Å². The van der Waals surface area contributed by atoms with Gasteiger partial charge in [-0.2, -0.15) is 11.8 Å². The Labute approximate surface area is 117 Å². The Balaban J connectivity index is 2.03. The third kappa shape index (κ3) is 3.99. The minimum absolute atomic E-state index is 0.683. The van der Waals surface area contributed by atoms with E-state index in [1.54, 1.807) is 12.3 Å². The Morgan fingerprint density at radius 1 is 1.63 bits per heavy atom. The van der Waals surface area contributed by atoms with E-state index >= 15 is 0 Å². The maximum Gasteiger partial charge on any atom is 0.328 e. The molecule has 1 saturated heterocycles. The number of rotatable bonds is 4. The molecule has 2 rings (SSSR count). The van der Waals surface area contributed by atoms with Crippen LogP contribution in [0, 0.1) is 0 Å². The second kappa shape index (κ2) is 6.61. The van der Waals surface area contributed by atoms with Gasteiger partial charge in [0.15, 0.2) is 0 Å². The Bertz CT molecular complexity index is 459. The molecule has 4 nitrogen and oxygen atoms in total. The first kappa shape index (κ1) is 13.9. The minimum Gasteiger partial charge on any atom is -0.478 e. The number of aliphatic carboxylic acids is 1. The van der Waals surface area contributed by atoms with Gasteiger partial charge in [0.2, 0.25) is 0 Å². The lowest BCUT2D eigenvalue weighted by atomic mass is 10.2. The van der Waals surface area contributed by atoms with Gasteiger partial charge in [-0.1, -0.05) is 6.92 Å². The zero-order chi connectivity index (χ0) is 13.7. The van der Waals surface area contributed by atoms with Gasteiger partial charge >= 0.3 is 5.97 Å². The van der Waals surface area contributed by atoms with Crippen molar-refractivity contribution < 1.29 is 9.90 Å². The first-order valence-corrected chi connectivity index (χ1v) is 7.47. The first-order valence-electron chi connectivity index (χ1n) is 6.42. The number of hydrogen-bond donors (Lipinski definition) is 1. The van der Waals surface area contributed by atoms with E-state index in [9.17, 15) is 4.79 Å². The summed E-state index contributed by atoms with van der Waals surface area (Å²) in [6.45, 7) is 4.28. The Hall–Kier alpha value is -1.49. The highest BCUT2D eigenvalue weighted by atomic mass is 32.2. The van der Waals surface area contributed by atoms with E-state index in [1.165, 1.54) is 6.42 Å². The Morgan fingerprint density at radius 2 is 2.47 bits per heavy atom. The predicted molar refractivity (Wildman–Crippen MR) is 79.7 cm³/mol. The second-order valence-corrected chi connectivity index (χ2v) is 5.88. The van der Waals surface area contributed by atoms with Crippen LogP contribution in [-0.2, 0) is 4.79 Å². The summed E-state index contributed by atoms with van der Waals surface area (Å²) in [5.41, 5.74) is 0.810. The molecular weight excluding hydrogens is 260 g/mol. The van der Waals surface area contributed by atoms with Crippen molar-refractivity contribution in [1.82, 2.24) is 4.98 Å². The molecule has 0 spiro atoms. The fourth-order valence-corrected chi connectivity index (χ4v) is 3.21. The molecule has 1 N–H and O–H groups in total. The quantitative estimate of drug-likeness (QED) is 0.858. The highest BCUT2D eigenvalue weighted by molar-refractivity contribution is 8.00. The van der Waals surface area contributed by atoms with E-state index in [-0.39, 0.29) is 0 Å². The number of thioether (sulfide) groups is 1. The molecule has 0 aromatic carbocycles. The van der Waals surface area contributed by atoms with Crippen molar-refractivity contribution in [2.75, 3.05) is 23.7 Å². The topological polar surface area (TPSA) is 53.4 Å². The van der Waals surface area contributed by atoms with Gasteiger partial charge in [0.05, 0.1) is 0 Å². The maximum atomic E-state index is 10.4. The zero-order valence-corrected chi connectivity index (χ0v) is 11.8. The number of pyridine rings is 1. The molecule has 0 saturated carbocycles. The van der Waals surface area contributed by atoms with Crippen molar-refractivity contribution in [3.05, 3.63) is 30.0 Å². The highest BCUT2D eigenvalue weighted by Gasteiger charge is 2.19. The molecule has 102 valence electrons. The molecule has 0 amide bonds. The Morgan fingerprint density at radius 3 is 3.11 bits per heavy atom. The highest BCUT2D eigenvalue weighted by Crippen LogP contribution is 2.24. The standard InChI is InChI=1S/C14H18N2O2S/c1-2-12-10-16(7-8-19-12)13-5-3-11(9-15-13)4-6-14(17)18/h3-6,9,12H,2,7-8,10H2,1H3,(H,17,18)/b6-4+. The van der Waals surface area contributed by atoms with Crippen molar-refractivity contribution in [1.29, 1.82) is 0 Å². The smallest absolute Gasteiger partial charge is 0.328 e. The molecule has 19 heavy (non-hydrogen) atoms. The van der Waals surface area contributed by atoms with Crippen molar-refractivity contribution in [2.24, 2.45) is 0 Å². The summed E-state index contributed by atoms with van der Waals surface area (Å²) < 4.78 is 0. The van der Waals surface area contributed by atoms with Crippen LogP contribution in [0.15, 0.2) is 24.4 Å². The first-order chi connectivity index (χ1) is 9.19. The van der Waals surface area contributed by atoms with Crippen LogP contribution in [0.1, 0.15) is 18.9 Å². The van der Waals surface area contributed by atoms with Crippen molar-refractivity contribution in [3.8, 4) is 0 Å². The van der Waals surface area contributed by atoms with Gasteiger partial charge in [0.25, 0.3) is 0 Å². The SMILES string of the molecule is CCC1CN(c2ccc(/C=C/C(=O)O)cn2)CCS1. The van der Waals surface area contributed by atoms with Crippen LogP contribution in [0.3, 0.4) is 0 Å². The lowest BCUT2D eigenvalue weighted by Gasteiger charge is -2.32. The summed E-state index contributed by atoms with van der Waals surface area (Å²) in [6, 6.07) is 3.87. The summed E-state index contributed by atoms with van der Waals surface area (Å²) in [4.78, 5) is 17.2. The largest absolute Gasteiger partial charge is 0.478 e. The fraction of sp³-hybridized carbons (Fsp3) is 0.429. The summed E-state index contributed by atoms with van der Waals surface area (Å²) in [5, 5.41) is 9.25. The van der Waals surface area contributed by atoms with Crippen LogP contribution in [0.4, 0.5) is 5.82 Å². The number of anilines is 1. The van der Waals surface area contributed by atoms with E-state index in [4.69, 9.17) is 5.11 Å². The molecule has 0 aliphatic carbocycles. The maximum absolute atomic E-state index is 10.4. The molecule has 2 heterocycles. The molecule has 1 aliphatic rings. The molecule has 1 aromatic heterocycles. The monoisotopic (exact) mass is 278 g/mol. The second-order valence-electron chi connectivity index (χ2n) is 4.47. The third-order valence-electron chi connectivity index (χ3n) is 3.11. The van der Waals surface area contributed by atoms with Crippen LogP contribution >= 0.6 is 11.8 Å². The zero-order valence-electron chi connectivity index (χ0n) is 11.0. The normalized spacial score (nSPS) is 19.8. The summed E-state index contributed by atoms with van der Waals surface area (Å²) in [7, 11) is 0. The van der Waals surface area contributed by atoms with Gasteiger partial charge in [-0.25, -0.2) is 9.78 Å². The lowest BCUT2D eigenvalue weighted by molar-refractivity contribution is -0.131. The molecule has 0 radical (unpaired) electrons. The summed E-state index contributed by atoms with van der Waals surface area (Å²) in [6.07, 6.45) is 5.58. The minimum atomic E-state index is -0.942. The number of nitrogens with zero attached hydrogens (tertiary/aromatic N) is 2. The molecule has 5 heteroatoms. The van der Waals surface area contributed by atoms with E-state index in [2.05, 4.69) is 16.8 Å². The van der Waals surface area contributed by atoms with Crippen molar-refractivity contribution >= 4 is 29.6 Å². The van der Waals surface area contributed by atoms with Crippen LogP contribution in [0.25, 0.3) is 6.08 Å². The molecule has 1 aliphatic heterocycles. The molecule has 1 fully saturated rings. The molecule has 1 aromatic rings. The number of carbonyl (C=O) groups is 1. The van der Waals surface area contributed by atoms with E-state index in [0.717, 1.165) is 36.3 Å². The molecule has 1 unspecified atom stereocenters. The molecule has 1 atom stereocenters. The van der Waals surface area contributed by atoms with Crippen LogP contribution in [-0.4, -0.2) is 40.2 Å². The van der Waals surface area contributed by atoms with Gasteiger partial charge < -0.3 is 10.0 Å². The van der Waals surface area contributed by atoms with Crippen molar-refractivity contribution in [2.45, 2.75) is 18.6 Å². The van der Waals surface area contributed by atoms with Gasteiger partial charge in [0, 0.05) is 36.4 Å². The van der Waals surface area contributed by atoms with Gasteiger partial charge in [-0.05, 0) is 30.2 Å². The Kier molecular flexibility index (Phi) is 4.85. The van der Waals surface area contributed by atoms with E-state index in [1.807, 2.05) is 23.9 Å². The van der Waals surface area contributed by atoms with Crippen LogP contribution in [0.5, 0.6) is 0 Å². The average Bonchev–Trinajstić information content (AvgIpc) is 2.45. The predicted octanol–water partition coefficient (Wildman–Crippen LogP) is 2.51. The van der Waals surface area contributed by atoms with E-state index in [0.29, 0.717) is 5.25 Å².